The SMILES string of the molecule is NC(=O)c1cccc(CNCc2ccc(CC(=O)O)s2)c1. The lowest BCUT2D eigenvalue weighted by atomic mass is 10.1. The van der Waals surface area contributed by atoms with Crippen LogP contribution in [0.3, 0.4) is 0 Å². The van der Waals surface area contributed by atoms with Crippen molar-refractivity contribution in [3.05, 3.63) is 57.3 Å². The summed E-state index contributed by atoms with van der Waals surface area (Å²) in [6, 6.07) is 10.9. The van der Waals surface area contributed by atoms with Gasteiger partial charge in [-0.15, -0.1) is 11.3 Å². The Balaban J connectivity index is 1.86. The smallest absolute Gasteiger partial charge is 0.308 e. The first kappa shape index (κ1) is 15.2. The van der Waals surface area contributed by atoms with Crippen molar-refractivity contribution < 1.29 is 14.7 Å². The van der Waals surface area contributed by atoms with Crippen molar-refractivity contribution >= 4 is 23.2 Å². The molecule has 0 spiro atoms. The van der Waals surface area contributed by atoms with E-state index >= 15 is 0 Å². The van der Waals surface area contributed by atoms with Crippen molar-refractivity contribution in [1.29, 1.82) is 0 Å². The summed E-state index contributed by atoms with van der Waals surface area (Å²) in [7, 11) is 0. The van der Waals surface area contributed by atoms with E-state index in [0.717, 1.165) is 15.3 Å². The average molecular weight is 304 g/mol. The van der Waals surface area contributed by atoms with Crippen molar-refractivity contribution in [2.75, 3.05) is 0 Å². The number of primary amides is 1. The molecule has 0 radical (unpaired) electrons. The number of amides is 1. The standard InChI is InChI=1S/C15H16N2O3S/c16-15(20)11-3-1-2-10(6-11)8-17-9-13-5-4-12(21-13)7-14(18)19/h1-6,17H,7-9H2,(H2,16,20)(H,18,19). The van der Waals surface area contributed by atoms with Crippen LogP contribution in [0.15, 0.2) is 36.4 Å². The van der Waals surface area contributed by atoms with E-state index in [1.807, 2.05) is 18.2 Å². The number of carboxylic acids is 1. The van der Waals surface area contributed by atoms with Gasteiger partial charge in [0.05, 0.1) is 6.42 Å². The zero-order chi connectivity index (χ0) is 15.2. The third-order valence-corrected chi connectivity index (χ3v) is 3.97. The molecule has 0 bridgehead atoms. The molecule has 0 unspecified atom stereocenters. The fourth-order valence-corrected chi connectivity index (χ4v) is 2.90. The predicted molar refractivity (Wildman–Crippen MR) is 81.2 cm³/mol. The number of nitrogens with one attached hydrogen (secondary N) is 1. The Labute approximate surface area is 126 Å². The lowest BCUT2D eigenvalue weighted by molar-refractivity contribution is -0.136. The molecule has 1 aromatic heterocycles. The maximum absolute atomic E-state index is 11.1. The lowest BCUT2D eigenvalue weighted by Gasteiger charge is -2.04. The second kappa shape index (κ2) is 7.01. The second-order valence-corrected chi connectivity index (χ2v) is 5.86. The maximum atomic E-state index is 11.1. The van der Waals surface area contributed by atoms with Crippen LogP contribution in [-0.2, 0) is 24.3 Å². The minimum absolute atomic E-state index is 0.0608. The summed E-state index contributed by atoms with van der Waals surface area (Å²) in [6.45, 7) is 1.28. The van der Waals surface area contributed by atoms with Crippen LogP contribution >= 0.6 is 11.3 Å². The van der Waals surface area contributed by atoms with Gasteiger partial charge in [0.1, 0.15) is 0 Å². The molecule has 2 aromatic rings. The van der Waals surface area contributed by atoms with Crippen molar-refractivity contribution in [2.24, 2.45) is 5.73 Å². The number of thiophene rings is 1. The first-order valence-corrected chi connectivity index (χ1v) is 7.25. The van der Waals surface area contributed by atoms with Crippen LogP contribution in [0.5, 0.6) is 0 Å². The minimum atomic E-state index is -0.820. The highest BCUT2D eigenvalue weighted by Gasteiger charge is 2.05. The average Bonchev–Trinajstić information content (AvgIpc) is 2.86. The van der Waals surface area contributed by atoms with Crippen LogP contribution in [0.4, 0.5) is 0 Å². The number of hydrogen-bond acceptors (Lipinski definition) is 4. The zero-order valence-electron chi connectivity index (χ0n) is 11.3. The lowest BCUT2D eigenvalue weighted by Crippen LogP contribution is -2.14. The summed E-state index contributed by atoms with van der Waals surface area (Å²) in [5, 5.41) is 12.0. The van der Waals surface area contributed by atoms with Gasteiger partial charge in [0, 0.05) is 28.4 Å². The molecular formula is C15H16N2O3S. The van der Waals surface area contributed by atoms with E-state index in [4.69, 9.17) is 10.8 Å². The summed E-state index contributed by atoms with van der Waals surface area (Å²) in [5.41, 5.74) is 6.71. The van der Waals surface area contributed by atoms with E-state index in [-0.39, 0.29) is 6.42 Å². The highest BCUT2D eigenvalue weighted by molar-refractivity contribution is 7.12. The first-order valence-electron chi connectivity index (χ1n) is 6.43. The summed E-state index contributed by atoms with van der Waals surface area (Å²) in [4.78, 5) is 23.6. The van der Waals surface area contributed by atoms with Crippen molar-refractivity contribution in [1.82, 2.24) is 5.32 Å². The van der Waals surface area contributed by atoms with Crippen LogP contribution < -0.4 is 11.1 Å². The van der Waals surface area contributed by atoms with Crippen LogP contribution in [0.2, 0.25) is 0 Å². The van der Waals surface area contributed by atoms with Gasteiger partial charge in [-0.3, -0.25) is 9.59 Å². The molecule has 1 aromatic carbocycles. The Kier molecular flexibility index (Phi) is 5.08. The molecule has 1 amide bonds. The topological polar surface area (TPSA) is 92.4 Å². The van der Waals surface area contributed by atoms with Crippen molar-refractivity contribution in [2.45, 2.75) is 19.5 Å². The number of aliphatic carboxylic acids is 1. The number of hydrogen-bond donors (Lipinski definition) is 3. The van der Waals surface area contributed by atoms with E-state index in [1.165, 1.54) is 11.3 Å². The molecule has 110 valence electrons. The van der Waals surface area contributed by atoms with Gasteiger partial charge >= 0.3 is 5.97 Å². The number of benzene rings is 1. The van der Waals surface area contributed by atoms with Gasteiger partial charge in [-0.2, -0.15) is 0 Å². The number of rotatable bonds is 7. The number of carboxylic acid groups (broad SMARTS) is 1. The van der Waals surface area contributed by atoms with Gasteiger partial charge < -0.3 is 16.2 Å². The number of carbonyl (C=O) groups excluding carboxylic acids is 1. The molecule has 0 fully saturated rings. The molecule has 0 aliphatic rings. The fourth-order valence-electron chi connectivity index (χ4n) is 1.93. The molecule has 0 saturated carbocycles. The minimum Gasteiger partial charge on any atom is -0.481 e. The van der Waals surface area contributed by atoms with Crippen LogP contribution in [0.25, 0.3) is 0 Å². The number of carbonyl (C=O) groups is 2. The van der Waals surface area contributed by atoms with Gasteiger partial charge in [-0.1, -0.05) is 12.1 Å². The molecule has 1 heterocycles. The second-order valence-electron chi connectivity index (χ2n) is 4.61. The largest absolute Gasteiger partial charge is 0.481 e. The van der Waals surface area contributed by atoms with Crippen molar-refractivity contribution in [3.8, 4) is 0 Å². The first-order chi connectivity index (χ1) is 10.0. The Bertz CT molecular complexity index is 652. The molecule has 0 aliphatic carbocycles. The normalized spacial score (nSPS) is 10.5. The molecule has 5 nitrogen and oxygen atoms in total. The molecule has 0 aliphatic heterocycles. The van der Waals surface area contributed by atoms with Crippen LogP contribution in [0, 0.1) is 0 Å². The quantitative estimate of drug-likeness (QED) is 0.727. The number of nitrogens with two attached hydrogens (primary N) is 1. The van der Waals surface area contributed by atoms with Crippen LogP contribution in [0.1, 0.15) is 25.7 Å². The maximum Gasteiger partial charge on any atom is 0.308 e. The highest BCUT2D eigenvalue weighted by atomic mass is 32.1. The Morgan fingerprint density at radius 3 is 2.62 bits per heavy atom. The monoisotopic (exact) mass is 304 g/mol. The Morgan fingerprint density at radius 1 is 1.14 bits per heavy atom. The molecular weight excluding hydrogens is 288 g/mol. The van der Waals surface area contributed by atoms with Crippen LogP contribution in [-0.4, -0.2) is 17.0 Å². The fraction of sp³-hybridized carbons (Fsp3) is 0.200. The molecule has 0 saturated heterocycles. The van der Waals surface area contributed by atoms with E-state index in [2.05, 4.69) is 5.32 Å². The highest BCUT2D eigenvalue weighted by Crippen LogP contribution is 2.17. The van der Waals surface area contributed by atoms with E-state index in [1.54, 1.807) is 18.2 Å². The Hall–Kier alpha value is -2.18. The zero-order valence-corrected chi connectivity index (χ0v) is 12.2. The van der Waals surface area contributed by atoms with Crippen molar-refractivity contribution in [3.63, 3.8) is 0 Å². The summed E-state index contributed by atoms with van der Waals surface area (Å²) < 4.78 is 0. The van der Waals surface area contributed by atoms with Gasteiger partial charge in [0.15, 0.2) is 0 Å². The predicted octanol–water partition coefficient (Wildman–Crippen LogP) is 1.76. The van der Waals surface area contributed by atoms with Gasteiger partial charge in [-0.25, -0.2) is 0 Å². The van der Waals surface area contributed by atoms with Gasteiger partial charge in [-0.05, 0) is 29.8 Å². The third kappa shape index (κ3) is 4.70. The Morgan fingerprint density at radius 2 is 1.90 bits per heavy atom. The molecule has 4 N–H and O–H groups in total. The molecule has 6 heteroatoms. The summed E-state index contributed by atoms with van der Waals surface area (Å²) in [6.07, 6.45) is 0.0608. The molecule has 0 atom stereocenters. The van der Waals surface area contributed by atoms with E-state index < -0.39 is 11.9 Å². The molecule has 2 rings (SSSR count). The summed E-state index contributed by atoms with van der Waals surface area (Å²) >= 11 is 1.49. The van der Waals surface area contributed by atoms with E-state index in [9.17, 15) is 9.59 Å². The third-order valence-electron chi connectivity index (χ3n) is 2.88. The van der Waals surface area contributed by atoms with E-state index in [0.29, 0.717) is 18.7 Å². The van der Waals surface area contributed by atoms with Gasteiger partial charge in [0.25, 0.3) is 0 Å². The summed E-state index contributed by atoms with van der Waals surface area (Å²) in [5.74, 6) is -1.26. The molecule has 21 heavy (non-hydrogen) atoms. The van der Waals surface area contributed by atoms with Gasteiger partial charge in [0.2, 0.25) is 5.91 Å².